The quantitative estimate of drug-likeness (QED) is 0.767. The fraction of sp³-hybridized carbons (Fsp3) is 1.00. The summed E-state index contributed by atoms with van der Waals surface area (Å²) in [6.07, 6.45) is 6.35. The van der Waals surface area contributed by atoms with Gasteiger partial charge in [-0.15, -0.1) is 0 Å². The molecule has 3 nitrogen and oxygen atoms in total. The fourth-order valence-corrected chi connectivity index (χ4v) is 4.22. The van der Waals surface area contributed by atoms with Crippen LogP contribution in [-0.4, -0.2) is 25.5 Å². The van der Waals surface area contributed by atoms with Crippen LogP contribution in [-0.2, 0) is 10.0 Å². The van der Waals surface area contributed by atoms with Gasteiger partial charge in [-0.05, 0) is 31.6 Å². The Morgan fingerprint density at radius 2 is 2.12 bits per heavy atom. The van der Waals surface area contributed by atoms with Crippen molar-refractivity contribution in [1.29, 1.82) is 0 Å². The van der Waals surface area contributed by atoms with E-state index in [1.807, 2.05) is 6.92 Å². The molecule has 0 saturated heterocycles. The van der Waals surface area contributed by atoms with Gasteiger partial charge in [0.2, 0.25) is 10.0 Å². The maximum atomic E-state index is 11.6. The second kappa shape index (κ2) is 6.97. The molecular formula is C11H22BrNO2S. The van der Waals surface area contributed by atoms with Crippen LogP contribution in [0.1, 0.15) is 45.4 Å². The Morgan fingerprint density at radius 3 is 2.75 bits per heavy atom. The standard InChI is InChI=1S/C11H22BrNO2S/c1-2-3-7-16(14,15)13-9-10-5-4-6-11(12)8-10/h10-11,13H,2-9H2,1H3. The molecule has 1 saturated carbocycles. The molecule has 0 heterocycles. The molecule has 0 spiro atoms. The molecule has 0 radical (unpaired) electrons. The zero-order chi connectivity index (χ0) is 12.0. The molecule has 96 valence electrons. The van der Waals surface area contributed by atoms with Crippen LogP contribution in [0.5, 0.6) is 0 Å². The Hall–Kier alpha value is 0.390. The van der Waals surface area contributed by atoms with Crippen LogP contribution in [0.4, 0.5) is 0 Å². The summed E-state index contributed by atoms with van der Waals surface area (Å²) in [7, 11) is -3.03. The van der Waals surface area contributed by atoms with Crippen molar-refractivity contribution in [3.8, 4) is 0 Å². The molecule has 1 aliphatic carbocycles. The molecule has 0 bridgehead atoms. The predicted molar refractivity (Wildman–Crippen MR) is 71.4 cm³/mol. The first kappa shape index (κ1) is 14.5. The Balaban J connectivity index is 2.27. The maximum Gasteiger partial charge on any atom is 0.211 e. The number of hydrogen-bond acceptors (Lipinski definition) is 2. The van der Waals surface area contributed by atoms with Gasteiger partial charge in [-0.1, -0.05) is 35.7 Å². The summed E-state index contributed by atoms with van der Waals surface area (Å²) in [4.78, 5) is 0.575. The Morgan fingerprint density at radius 1 is 1.38 bits per heavy atom. The summed E-state index contributed by atoms with van der Waals surface area (Å²) in [5.74, 6) is 0.781. The number of hydrogen-bond donors (Lipinski definition) is 1. The average Bonchev–Trinajstić information content (AvgIpc) is 2.24. The second-order valence-electron chi connectivity index (χ2n) is 4.65. The third-order valence-corrected chi connectivity index (χ3v) is 5.34. The smallest absolute Gasteiger partial charge is 0.211 e. The summed E-state index contributed by atoms with van der Waals surface area (Å²) < 4.78 is 25.9. The van der Waals surface area contributed by atoms with Crippen molar-refractivity contribution in [2.24, 2.45) is 5.92 Å². The van der Waals surface area contributed by atoms with Crippen LogP contribution in [0.25, 0.3) is 0 Å². The van der Waals surface area contributed by atoms with E-state index in [-0.39, 0.29) is 5.75 Å². The van der Waals surface area contributed by atoms with Crippen LogP contribution in [0.2, 0.25) is 0 Å². The Bertz CT molecular complexity index is 292. The topological polar surface area (TPSA) is 46.2 Å². The minimum atomic E-state index is -3.03. The Kier molecular flexibility index (Phi) is 6.29. The van der Waals surface area contributed by atoms with E-state index in [2.05, 4.69) is 20.7 Å². The average molecular weight is 312 g/mol. The zero-order valence-electron chi connectivity index (χ0n) is 9.91. The molecule has 5 heteroatoms. The highest BCUT2D eigenvalue weighted by atomic mass is 79.9. The molecule has 16 heavy (non-hydrogen) atoms. The minimum absolute atomic E-state index is 0.272. The number of sulfonamides is 1. The number of nitrogens with one attached hydrogen (secondary N) is 1. The van der Waals surface area contributed by atoms with E-state index in [9.17, 15) is 8.42 Å². The van der Waals surface area contributed by atoms with Crippen molar-refractivity contribution in [2.45, 2.75) is 50.3 Å². The minimum Gasteiger partial charge on any atom is -0.215 e. The first-order valence-electron chi connectivity index (χ1n) is 6.15. The molecule has 0 aromatic heterocycles. The van der Waals surface area contributed by atoms with Gasteiger partial charge in [0.1, 0.15) is 0 Å². The van der Waals surface area contributed by atoms with E-state index < -0.39 is 10.0 Å². The van der Waals surface area contributed by atoms with E-state index in [1.54, 1.807) is 0 Å². The summed E-state index contributed by atoms with van der Waals surface area (Å²) in [5.41, 5.74) is 0. The first-order valence-corrected chi connectivity index (χ1v) is 8.71. The molecule has 0 aromatic rings. The molecule has 0 aliphatic heterocycles. The highest BCUT2D eigenvalue weighted by Crippen LogP contribution is 2.28. The highest BCUT2D eigenvalue weighted by Gasteiger charge is 2.21. The van der Waals surface area contributed by atoms with E-state index in [0.717, 1.165) is 25.7 Å². The van der Waals surface area contributed by atoms with Crippen molar-refractivity contribution in [3.63, 3.8) is 0 Å². The van der Waals surface area contributed by atoms with E-state index in [0.29, 0.717) is 17.3 Å². The molecule has 2 atom stereocenters. The lowest BCUT2D eigenvalue weighted by atomic mass is 9.89. The number of halogens is 1. The van der Waals surface area contributed by atoms with Gasteiger partial charge in [-0.2, -0.15) is 0 Å². The lowest BCUT2D eigenvalue weighted by Gasteiger charge is -2.25. The largest absolute Gasteiger partial charge is 0.215 e. The predicted octanol–water partition coefficient (Wildman–Crippen LogP) is 2.66. The van der Waals surface area contributed by atoms with Gasteiger partial charge in [0, 0.05) is 11.4 Å². The van der Waals surface area contributed by atoms with Gasteiger partial charge in [0.15, 0.2) is 0 Å². The van der Waals surface area contributed by atoms with Crippen molar-refractivity contribution in [3.05, 3.63) is 0 Å². The first-order chi connectivity index (χ1) is 7.53. The monoisotopic (exact) mass is 311 g/mol. The normalized spacial score (nSPS) is 26.9. The van der Waals surface area contributed by atoms with Crippen LogP contribution in [0.15, 0.2) is 0 Å². The van der Waals surface area contributed by atoms with Crippen LogP contribution in [0, 0.1) is 5.92 Å². The van der Waals surface area contributed by atoms with Gasteiger partial charge in [-0.3, -0.25) is 0 Å². The SMILES string of the molecule is CCCCS(=O)(=O)NCC1CCCC(Br)C1. The van der Waals surface area contributed by atoms with Gasteiger partial charge in [0.25, 0.3) is 0 Å². The molecule has 1 N–H and O–H groups in total. The van der Waals surface area contributed by atoms with Crippen molar-refractivity contribution < 1.29 is 8.42 Å². The van der Waals surface area contributed by atoms with Crippen molar-refractivity contribution in [2.75, 3.05) is 12.3 Å². The molecule has 0 aromatic carbocycles. The third kappa shape index (κ3) is 5.64. The van der Waals surface area contributed by atoms with E-state index in [1.165, 1.54) is 12.8 Å². The highest BCUT2D eigenvalue weighted by molar-refractivity contribution is 9.09. The second-order valence-corrected chi connectivity index (χ2v) is 7.87. The van der Waals surface area contributed by atoms with Crippen molar-refractivity contribution in [1.82, 2.24) is 4.72 Å². The summed E-state index contributed by atoms with van der Waals surface area (Å²) in [6, 6.07) is 0. The van der Waals surface area contributed by atoms with Gasteiger partial charge in [-0.25, -0.2) is 13.1 Å². The number of rotatable bonds is 6. The number of alkyl halides is 1. The summed E-state index contributed by atoms with van der Waals surface area (Å²) >= 11 is 3.61. The summed E-state index contributed by atoms with van der Waals surface area (Å²) in [6.45, 7) is 2.63. The van der Waals surface area contributed by atoms with Crippen LogP contribution >= 0.6 is 15.9 Å². The Labute approximate surface area is 108 Å². The molecule has 0 amide bonds. The van der Waals surface area contributed by atoms with Gasteiger partial charge < -0.3 is 0 Å². The lowest BCUT2D eigenvalue weighted by Crippen LogP contribution is -2.33. The summed E-state index contributed by atoms with van der Waals surface area (Å²) in [5, 5.41) is 0. The van der Waals surface area contributed by atoms with Gasteiger partial charge in [0.05, 0.1) is 5.75 Å². The molecular weight excluding hydrogens is 290 g/mol. The molecule has 2 unspecified atom stereocenters. The van der Waals surface area contributed by atoms with Crippen LogP contribution in [0.3, 0.4) is 0 Å². The molecule has 1 rings (SSSR count). The fourth-order valence-electron chi connectivity index (χ4n) is 2.06. The van der Waals surface area contributed by atoms with Crippen molar-refractivity contribution >= 4 is 26.0 Å². The van der Waals surface area contributed by atoms with E-state index >= 15 is 0 Å². The lowest BCUT2D eigenvalue weighted by molar-refractivity contribution is 0.368. The van der Waals surface area contributed by atoms with Crippen LogP contribution < -0.4 is 4.72 Å². The maximum absolute atomic E-state index is 11.6. The van der Waals surface area contributed by atoms with Gasteiger partial charge >= 0.3 is 0 Å². The van der Waals surface area contributed by atoms with E-state index in [4.69, 9.17) is 0 Å². The number of unbranched alkanes of at least 4 members (excludes halogenated alkanes) is 1. The zero-order valence-corrected chi connectivity index (χ0v) is 12.3. The molecule has 1 aliphatic rings. The third-order valence-electron chi connectivity index (χ3n) is 3.08. The molecule has 1 fully saturated rings.